The third-order valence-electron chi connectivity index (χ3n) is 4.26. The molecular formula is C20H19F7O4. The monoisotopic (exact) mass is 456 g/mol. The van der Waals surface area contributed by atoms with Gasteiger partial charge >= 0.3 is 12.4 Å². The van der Waals surface area contributed by atoms with E-state index in [9.17, 15) is 35.8 Å². The van der Waals surface area contributed by atoms with Crippen LogP contribution in [0, 0.1) is 5.82 Å². The molecule has 11 heteroatoms. The lowest BCUT2D eigenvalue weighted by atomic mass is 10.0. The first-order valence-electron chi connectivity index (χ1n) is 8.93. The van der Waals surface area contributed by atoms with E-state index in [1.807, 2.05) is 0 Å². The summed E-state index contributed by atoms with van der Waals surface area (Å²) < 4.78 is 102. The highest BCUT2D eigenvalue weighted by molar-refractivity contribution is 5.34. The highest BCUT2D eigenvalue weighted by Gasteiger charge is 2.37. The Morgan fingerprint density at radius 3 is 1.84 bits per heavy atom. The lowest BCUT2D eigenvalue weighted by Crippen LogP contribution is -2.28. The smallest absolute Gasteiger partial charge is 0.394 e. The molecule has 2 aromatic rings. The fourth-order valence-electron chi connectivity index (χ4n) is 2.68. The van der Waals surface area contributed by atoms with Crippen LogP contribution in [-0.4, -0.2) is 29.7 Å². The molecule has 0 saturated carbocycles. The summed E-state index contributed by atoms with van der Waals surface area (Å²) in [7, 11) is 0. The Balaban J connectivity index is 2.35. The van der Waals surface area contributed by atoms with Crippen molar-refractivity contribution in [1.82, 2.24) is 0 Å². The maximum atomic E-state index is 13.1. The van der Waals surface area contributed by atoms with Gasteiger partial charge in [0, 0.05) is 0 Å². The van der Waals surface area contributed by atoms with Gasteiger partial charge in [-0.2, -0.15) is 26.3 Å². The van der Waals surface area contributed by atoms with Crippen LogP contribution in [0.5, 0.6) is 0 Å². The fourth-order valence-corrected chi connectivity index (χ4v) is 2.68. The van der Waals surface area contributed by atoms with Crippen molar-refractivity contribution in [2.24, 2.45) is 0 Å². The van der Waals surface area contributed by atoms with Gasteiger partial charge in [0.25, 0.3) is 0 Å². The van der Waals surface area contributed by atoms with E-state index in [1.54, 1.807) is 0 Å². The van der Waals surface area contributed by atoms with Crippen LogP contribution in [0.2, 0.25) is 0 Å². The number of hydrogen-bond acceptors (Lipinski definition) is 4. The molecule has 3 atom stereocenters. The van der Waals surface area contributed by atoms with E-state index in [4.69, 9.17) is 14.6 Å². The number of aliphatic hydroxyl groups is 2. The predicted molar refractivity (Wildman–Crippen MR) is 94.1 cm³/mol. The molecule has 0 spiro atoms. The van der Waals surface area contributed by atoms with Crippen molar-refractivity contribution in [1.29, 1.82) is 0 Å². The van der Waals surface area contributed by atoms with Crippen molar-refractivity contribution >= 4 is 0 Å². The fraction of sp³-hybridized carbons (Fsp3) is 0.400. The minimum absolute atomic E-state index is 0.0106. The largest absolute Gasteiger partial charge is 0.416 e. The summed E-state index contributed by atoms with van der Waals surface area (Å²) in [6.07, 6.45) is -14.6. The van der Waals surface area contributed by atoms with Crippen LogP contribution in [0.25, 0.3) is 0 Å². The van der Waals surface area contributed by atoms with E-state index in [2.05, 4.69) is 0 Å². The highest BCUT2D eigenvalue weighted by Crippen LogP contribution is 2.38. The third-order valence-corrected chi connectivity index (χ3v) is 4.26. The molecule has 0 radical (unpaired) electrons. The molecule has 0 heterocycles. The van der Waals surface area contributed by atoms with Crippen LogP contribution < -0.4 is 0 Å². The Morgan fingerprint density at radius 1 is 0.871 bits per heavy atom. The van der Waals surface area contributed by atoms with Gasteiger partial charge in [-0.05, 0) is 48.4 Å². The lowest BCUT2D eigenvalue weighted by molar-refractivity contribution is -0.219. The average Bonchev–Trinajstić information content (AvgIpc) is 2.69. The van der Waals surface area contributed by atoms with Crippen LogP contribution in [0.3, 0.4) is 0 Å². The van der Waals surface area contributed by atoms with Crippen molar-refractivity contribution in [3.63, 3.8) is 0 Å². The Kier molecular flexibility index (Phi) is 8.04. The third kappa shape index (κ3) is 6.89. The first kappa shape index (κ1) is 25.1. The van der Waals surface area contributed by atoms with Crippen molar-refractivity contribution < 1.29 is 50.4 Å². The average molecular weight is 456 g/mol. The summed E-state index contributed by atoms with van der Waals surface area (Å²) in [5, 5.41) is 19.4. The Labute approximate surface area is 172 Å². The molecule has 0 aliphatic heterocycles. The van der Waals surface area contributed by atoms with Crippen LogP contribution in [0.15, 0.2) is 42.5 Å². The quantitative estimate of drug-likeness (QED) is 0.433. The highest BCUT2D eigenvalue weighted by atomic mass is 19.4. The van der Waals surface area contributed by atoms with Crippen LogP contribution in [-0.2, 0) is 21.8 Å². The molecule has 0 aliphatic carbocycles. The van der Waals surface area contributed by atoms with Gasteiger partial charge in [-0.25, -0.2) is 4.39 Å². The second kappa shape index (κ2) is 9.94. The van der Waals surface area contributed by atoms with Gasteiger partial charge in [0.15, 0.2) is 6.29 Å². The molecule has 0 aliphatic rings. The van der Waals surface area contributed by atoms with Gasteiger partial charge < -0.3 is 19.7 Å². The van der Waals surface area contributed by atoms with Crippen molar-refractivity contribution in [3.05, 3.63) is 70.5 Å². The molecular weight excluding hydrogens is 437 g/mol. The van der Waals surface area contributed by atoms with Gasteiger partial charge in [-0.3, -0.25) is 0 Å². The minimum Gasteiger partial charge on any atom is -0.394 e. The number of alkyl halides is 6. The number of hydrogen-bond donors (Lipinski definition) is 2. The second-order valence-electron chi connectivity index (χ2n) is 6.58. The molecule has 0 saturated heterocycles. The summed E-state index contributed by atoms with van der Waals surface area (Å²) in [6, 6.07) is 5.48. The van der Waals surface area contributed by atoms with E-state index in [1.165, 1.54) is 19.1 Å². The van der Waals surface area contributed by atoms with Gasteiger partial charge in [-0.15, -0.1) is 0 Å². The summed E-state index contributed by atoms with van der Waals surface area (Å²) in [4.78, 5) is 0. The molecule has 4 nitrogen and oxygen atoms in total. The molecule has 0 amide bonds. The minimum atomic E-state index is -5.03. The number of rotatable bonds is 8. The van der Waals surface area contributed by atoms with Crippen molar-refractivity contribution in [2.45, 2.75) is 37.8 Å². The zero-order valence-electron chi connectivity index (χ0n) is 16.0. The molecule has 2 rings (SSSR count). The first-order valence-corrected chi connectivity index (χ1v) is 8.93. The molecule has 0 fully saturated rings. The van der Waals surface area contributed by atoms with Crippen LogP contribution in [0.1, 0.15) is 41.4 Å². The lowest BCUT2D eigenvalue weighted by Gasteiger charge is -2.27. The zero-order chi connectivity index (χ0) is 23.4. The summed E-state index contributed by atoms with van der Waals surface area (Å²) >= 11 is 0. The van der Waals surface area contributed by atoms with Gasteiger partial charge in [0.05, 0.1) is 30.4 Å². The van der Waals surface area contributed by atoms with E-state index in [0.29, 0.717) is 12.1 Å². The molecule has 0 bridgehead atoms. The van der Waals surface area contributed by atoms with E-state index >= 15 is 0 Å². The van der Waals surface area contributed by atoms with Gasteiger partial charge in [0.2, 0.25) is 0 Å². The Morgan fingerprint density at radius 2 is 1.39 bits per heavy atom. The number of halogens is 7. The number of benzene rings is 2. The molecule has 2 N–H and O–H groups in total. The molecule has 0 aromatic heterocycles. The van der Waals surface area contributed by atoms with E-state index in [-0.39, 0.29) is 18.2 Å². The van der Waals surface area contributed by atoms with Gasteiger partial charge in [-0.1, -0.05) is 12.1 Å². The maximum absolute atomic E-state index is 13.1. The summed E-state index contributed by atoms with van der Waals surface area (Å²) in [6.45, 7) is 0.348. The van der Waals surface area contributed by atoms with Crippen LogP contribution >= 0.6 is 0 Å². The Bertz CT molecular complexity index is 818. The first-order chi connectivity index (χ1) is 14.3. The van der Waals surface area contributed by atoms with E-state index < -0.39 is 60.0 Å². The maximum Gasteiger partial charge on any atom is 0.416 e. The predicted octanol–water partition coefficient (Wildman–Crippen LogP) is 5.01. The van der Waals surface area contributed by atoms with Gasteiger partial charge in [0.1, 0.15) is 11.9 Å². The standard InChI is InChI=1S/C20H19F7O4/c1-11(13-8-14(19(22,23)24)10-15(9-13)20(25,26)27)31-18(30-7-6-28)17(29)12-2-4-16(21)5-3-12/h2-5,8-11,17-18,28-29H,6-7H2,1H3/t11-,17?,18+/m1/s1. The number of aliphatic hydroxyl groups excluding tert-OH is 2. The van der Waals surface area contributed by atoms with Crippen molar-refractivity contribution in [3.8, 4) is 0 Å². The molecule has 31 heavy (non-hydrogen) atoms. The van der Waals surface area contributed by atoms with E-state index in [0.717, 1.165) is 12.1 Å². The topological polar surface area (TPSA) is 58.9 Å². The molecule has 2 aromatic carbocycles. The number of ether oxygens (including phenoxy) is 2. The summed E-state index contributed by atoms with van der Waals surface area (Å²) in [5.74, 6) is -0.596. The molecule has 1 unspecified atom stereocenters. The SMILES string of the molecule is C[C@@H](O[C@H](OCCO)C(O)c1ccc(F)cc1)c1cc(C(F)(F)F)cc(C(F)(F)F)c1. The molecule has 172 valence electrons. The normalized spacial score (nSPS) is 15.5. The summed E-state index contributed by atoms with van der Waals surface area (Å²) in [5.41, 5.74) is -3.36. The van der Waals surface area contributed by atoms with Crippen molar-refractivity contribution in [2.75, 3.05) is 13.2 Å². The zero-order valence-corrected chi connectivity index (χ0v) is 16.0. The Hall–Kier alpha value is -2.21. The second-order valence-corrected chi connectivity index (χ2v) is 6.58. The van der Waals surface area contributed by atoms with Crippen LogP contribution in [0.4, 0.5) is 30.7 Å².